The number of guanidine groups is 1. The second-order valence-corrected chi connectivity index (χ2v) is 9.37. The van der Waals surface area contributed by atoms with Gasteiger partial charge >= 0.3 is 0 Å². The van der Waals surface area contributed by atoms with Crippen molar-refractivity contribution in [2.24, 2.45) is 4.99 Å². The van der Waals surface area contributed by atoms with Crippen LogP contribution in [0.4, 0.5) is 0 Å². The summed E-state index contributed by atoms with van der Waals surface area (Å²) < 4.78 is 5.58. The van der Waals surface area contributed by atoms with E-state index in [1.807, 2.05) is 11.3 Å². The molecular weight excluding hydrogens is 394 g/mol. The van der Waals surface area contributed by atoms with Crippen LogP contribution in [0, 0.1) is 6.92 Å². The molecule has 1 aromatic rings. The number of thiophene rings is 1. The molecule has 2 heterocycles. The SMILES string of the molecule is CCNC(=NCC(c1ccc(C)s1)N1CCOCC1)NC(C)CCCN(CC)CC. The van der Waals surface area contributed by atoms with Gasteiger partial charge in [-0.25, -0.2) is 0 Å². The largest absolute Gasteiger partial charge is 0.379 e. The Kier molecular flexibility index (Phi) is 11.7. The lowest BCUT2D eigenvalue weighted by Gasteiger charge is -2.33. The molecule has 2 rings (SSSR count). The monoisotopic (exact) mass is 437 g/mol. The van der Waals surface area contributed by atoms with Gasteiger partial charge in [-0.15, -0.1) is 11.3 Å². The van der Waals surface area contributed by atoms with Crippen LogP contribution in [0.25, 0.3) is 0 Å². The van der Waals surface area contributed by atoms with E-state index in [0.717, 1.165) is 64.9 Å². The average molecular weight is 438 g/mol. The number of ether oxygens (including phenoxy) is 1. The molecule has 1 aliphatic heterocycles. The number of nitrogens with one attached hydrogen (secondary N) is 2. The summed E-state index contributed by atoms with van der Waals surface area (Å²) in [5.74, 6) is 0.930. The van der Waals surface area contributed by atoms with Crippen LogP contribution >= 0.6 is 11.3 Å². The molecule has 1 aliphatic rings. The third-order valence-corrected chi connectivity index (χ3v) is 6.83. The van der Waals surface area contributed by atoms with Gasteiger partial charge in [0.05, 0.1) is 25.8 Å². The molecule has 0 aliphatic carbocycles. The van der Waals surface area contributed by atoms with Crippen LogP contribution in [0.5, 0.6) is 0 Å². The zero-order valence-corrected chi connectivity index (χ0v) is 20.6. The number of hydrogen-bond donors (Lipinski definition) is 2. The minimum Gasteiger partial charge on any atom is -0.379 e. The zero-order valence-electron chi connectivity index (χ0n) is 19.7. The predicted octanol–water partition coefficient (Wildman–Crippen LogP) is 3.50. The molecule has 2 unspecified atom stereocenters. The molecule has 1 aromatic heterocycles. The van der Waals surface area contributed by atoms with Crippen molar-refractivity contribution in [1.82, 2.24) is 20.4 Å². The fraction of sp³-hybridized carbons (Fsp3) is 0.783. The van der Waals surface area contributed by atoms with E-state index >= 15 is 0 Å². The minimum atomic E-state index is 0.320. The summed E-state index contributed by atoms with van der Waals surface area (Å²) >= 11 is 1.89. The van der Waals surface area contributed by atoms with Gasteiger partial charge in [-0.2, -0.15) is 0 Å². The van der Waals surface area contributed by atoms with Crippen molar-refractivity contribution in [1.29, 1.82) is 0 Å². The van der Waals surface area contributed by atoms with E-state index in [-0.39, 0.29) is 0 Å². The van der Waals surface area contributed by atoms with Crippen molar-refractivity contribution in [2.45, 2.75) is 59.5 Å². The molecule has 0 saturated carbocycles. The van der Waals surface area contributed by atoms with E-state index in [9.17, 15) is 0 Å². The number of rotatable bonds is 12. The molecule has 172 valence electrons. The third kappa shape index (κ3) is 8.53. The normalized spacial score (nSPS) is 17.9. The van der Waals surface area contributed by atoms with Gasteiger partial charge in [-0.3, -0.25) is 9.89 Å². The lowest BCUT2D eigenvalue weighted by molar-refractivity contribution is 0.0186. The molecule has 1 fully saturated rings. The van der Waals surface area contributed by atoms with Crippen LogP contribution in [0.15, 0.2) is 17.1 Å². The van der Waals surface area contributed by atoms with Crippen molar-refractivity contribution in [2.75, 3.05) is 59.0 Å². The van der Waals surface area contributed by atoms with E-state index in [1.54, 1.807) is 0 Å². The Morgan fingerprint density at radius 2 is 1.97 bits per heavy atom. The summed E-state index contributed by atoms with van der Waals surface area (Å²) in [6, 6.07) is 5.22. The van der Waals surface area contributed by atoms with Gasteiger partial charge in [-0.05, 0) is 65.4 Å². The quantitative estimate of drug-likeness (QED) is 0.387. The van der Waals surface area contributed by atoms with E-state index in [1.165, 1.54) is 22.7 Å². The van der Waals surface area contributed by atoms with Gasteiger partial charge < -0.3 is 20.3 Å². The fourth-order valence-corrected chi connectivity index (χ4v) is 4.87. The first-order chi connectivity index (χ1) is 14.6. The summed E-state index contributed by atoms with van der Waals surface area (Å²) in [4.78, 5) is 12.8. The first kappa shape index (κ1) is 25.1. The highest BCUT2D eigenvalue weighted by atomic mass is 32.1. The van der Waals surface area contributed by atoms with Crippen LogP contribution in [0.2, 0.25) is 0 Å². The first-order valence-corrected chi connectivity index (χ1v) is 12.5. The second kappa shape index (κ2) is 14.0. The molecule has 6 nitrogen and oxygen atoms in total. The Morgan fingerprint density at radius 1 is 1.23 bits per heavy atom. The smallest absolute Gasteiger partial charge is 0.191 e. The van der Waals surface area contributed by atoms with Gasteiger partial charge in [0, 0.05) is 35.4 Å². The topological polar surface area (TPSA) is 52.1 Å². The van der Waals surface area contributed by atoms with E-state index in [2.05, 4.69) is 67.2 Å². The number of hydrogen-bond acceptors (Lipinski definition) is 5. The van der Waals surface area contributed by atoms with Gasteiger partial charge in [0.25, 0.3) is 0 Å². The van der Waals surface area contributed by atoms with E-state index in [0.29, 0.717) is 12.1 Å². The molecule has 0 radical (unpaired) electrons. The van der Waals surface area contributed by atoms with Crippen LogP contribution in [0.1, 0.15) is 56.3 Å². The highest BCUT2D eigenvalue weighted by Crippen LogP contribution is 2.28. The van der Waals surface area contributed by atoms with Crippen LogP contribution in [-0.2, 0) is 4.74 Å². The number of nitrogens with zero attached hydrogens (tertiary/aromatic N) is 3. The maximum atomic E-state index is 5.58. The Morgan fingerprint density at radius 3 is 2.57 bits per heavy atom. The summed E-state index contributed by atoms with van der Waals surface area (Å²) in [5, 5.41) is 7.06. The maximum absolute atomic E-state index is 5.58. The molecular formula is C23H43N5OS. The minimum absolute atomic E-state index is 0.320. The molecule has 0 amide bonds. The molecule has 0 bridgehead atoms. The maximum Gasteiger partial charge on any atom is 0.191 e. The Labute approximate surface area is 188 Å². The Bertz CT molecular complexity index is 610. The molecule has 1 saturated heterocycles. The van der Waals surface area contributed by atoms with E-state index < -0.39 is 0 Å². The van der Waals surface area contributed by atoms with Crippen LogP contribution in [0.3, 0.4) is 0 Å². The van der Waals surface area contributed by atoms with Crippen molar-refractivity contribution >= 4 is 17.3 Å². The average Bonchev–Trinajstić information content (AvgIpc) is 3.18. The molecule has 2 N–H and O–H groups in total. The molecule has 30 heavy (non-hydrogen) atoms. The van der Waals surface area contributed by atoms with Gasteiger partial charge in [0.15, 0.2) is 5.96 Å². The highest BCUT2D eigenvalue weighted by molar-refractivity contribution is 7.12. The lowest BCUT2D eigenvalue weighted by Crippen LogP contribution is -2.44. The second-order valence-electron chi connectivity index (χ2n) is 8.05. The molecule has 2 atom stereocenters. The molecule has 7 heteroatoms. The van der Waals surface area contributed by atoms with E-state index in [4.69, 9.17) is 9.73 Å². The number of aryl methyl sites for hydroxylation is 1. The zero-order chi connectivity index (χ0) is 21.8. The lowest BCUT2D eigenvalue weighted by atomic mass is 10.1. The van der Waals surface area contributed by atoms with Crippen molar-refractivity contribution < 1.29 is 4.74 Å². The Hall–Kier alpha value is -1.15. The molecule has 0 spiro atoms. The summed E-state index contributed by atoms with van der Waals surface area (Å²) in [7, 11) is 0. The standard InChI is InChI=1S/C23H43N5OS/c1-6-24-23(26-19(4)10-9-13-27(7-2)8-3)25-18-21(22-12-11-20(5)30-22)28-14-16-29-17-15-28/h11-12,19,21H,6-10,13-18H2,1-5H3,(H2,24,25,26). The summed E-state index contributed by atoms with van der Waals surface area (Å²) in [5.41, 5.74) is 0. The number of aliphatic imine (C=N–C) groups is 1. The van der Waals surface area contributed by atoms with Gasteiger partial charge in [0.2, 0.25) is 0 Å². The van der Waals surface area contributed by atoms with Crippen molar-refractivity contribution in [3.8, 4) is 0 Å². The van der Waals surface area contributed by atoms with Crippen LogP contribution < -0.4 is 10.6 Å². The van der Waals surface area contributed by atoms with Crippen LogP contribution in [-0.4, -0.2) is 80.8 Å². The first-order valence-electron chi connectivity index (χ1n) is 11.7. The summed E-state index contributed by atoms with van der Waals surface area (Å²) in [6.07, 6.45) is 2.36. The fourth-order valence-electron chi connectivity index (χ4n) is 3.87. The third-order valence-electron chi connectivity index (χ3n) is 5.73. The predicted molar refractivity (Wildman–Crippen MR) is 130 cm³/mol. The molecule has 0 aromatic carbocycles. The van der Waals surface area contributed by atoms with Crippen molar-refractivity contribution in [3.05, 3.63) is 21.9 Å². The highest BCUT2D eigenvalue weighted by Gasteiger charge is 2.24. The van der Waals surface area contributed by atoms with Crippen molar-refractivity contribution in [3.63, 3.8) is 0 Å². The van der Waals surface area contributed by atoms with Gasteiger partial charge in [0.1, 0.15) is 0 Å². The number of morpholine rings is 1. The summed E-state index contributed by atoms with van der Waals surface area (Å²) in [6.45, 7) is 19.7. The van der Waals surface area contributed by atoms with Gasteiger partial charge in [-0.1, -0.05) is 13.8 Å². The Balaban J connectivity index is 1.96.